The molecule has 1 aromatic carbocycles. The predicted molar refractivity (Wildman–Crippen MR) is 80.0 cm³/mol. The van der Waals surface area contributed by atoms with Gasteiger partial charge in [-0.05, 0) is 31.5 Å². The van der Waals surface area contributed by atoms with Crippen LogP contribution in [0.3, 0.4) is 0 Å². The third kappa shape index (κ3) is 3.61. The average Bonchev–Trinajstić information content (AvgIpc) is 2.36. The first-order valence-electron chi connectivity index (χ1n) is 6.07. The average molecular weight is 295 g/mol. The van der Waals surface area contributed by atoms with Crippen LogP contribution in [-0.2, 0) is 12.2 Å². The summed E-state index contributed by atoms with van der Waals surface area (Å²) in [6.45, 7) is 3.83. The molecule has 1 aromatic heterocycles. The summed E-state index contributed by atoms with van der Waals surface area (Å²) in [5.74, 6) is 1.32. The third-order valence-electron chi connectivity index (χ3n) is 2.80. The topological polar surface area (TPSA) is 45.8 Å². The fourth-order valence-electron chi connectivity index (χ4n) is 1.86. The van der Waals surface area contributed by atoms with Gasteiger partial charge in [-0.15, -0.1) is 11.8 Å². The van der Waals surface area contributed by atoms with Crippen LogP contribution in [0.5, 0.6) is 0 Å². The van der Waals surface area contributed by atoms with E-state index < -0.39 is 0 Å². The molecule has 0 aliphatic heterocycles. The SMILES string of the molecule is CCc1c(C)nc(CSc2cccc(Cl)c2)[nH]c1=O. The maximum atomic E-state index is 11.8. The molecule has 5 heteroatoms. The Bertz CT molecular complexity index is 640. The summed E-state index contributed by atoms with van der Waals surface area (Å²) >= 11 is 7.53. The van der Waals surface area contributed by atoms with Crippen LogP contribution in [0.15, 0.2) is 34.0 Å². The maximum absolute atomic E-state index is 11.8. The van der Waals surface area contributed by atoms with Gasteiger partial charge in [0.25, 0.3) is 5.56 Å². The van der Waals surface area contributed by atoms with E-state index in [4.69, 9.17) is 11.6 Å². The molecule has 19 heavy (non-hydrogen) atoms. The molecule has 0 bridgehead atoms. The smallest absolute Gasteiger partial charge is 0.254 e. The van der Waals surface area contributed by atoms with E-state index in [-0.39, 0.29) is 5.56 Å². The van der Waals surface area contributed by atoms with Crippen molar-refractivity contribution in [2.75, 3.05) is 0 Å². The van der Waals surface area contributed by atoms with Gasteiger partial charge in [-0.25, -0.2) is 4.98 Å². The Morgan fingerprint density at radius 1 is 1.42 bits per heavy atom. The van der Waals surface area contributed by atoms with Crippen LogP contribution in [0.25, 0.3) is 0 Å². The quantitative estimate of drug-likeness (QED) is 0.877. The molecule has 0 fully saturated rings. The molecular weight excluding hydrogens is 280 g/mol. The molecule has 3 nitrogen and oxygen atoms in total. The summed E-state index contributed by atoms with van der Waals surface area (Å²) in [6.07, 6.45) is 0.704. The van der Waals surface area contributed by atoms with Crippen LogP contribution in [0.4, 0.5) is 0 Å². The normalized spacial score (nSPS) is 10.7. The van der Waals surface area contributed by atoms with Crippen molar-refractivity contribution in [2.45, 2.75) is 30.9 Å². The molecule has 0 saturated heterocycles. The van der Waals surface area contributed by atoms with Crippen molar-refractivity contribution >= 4 is 23.4 Å². The summed E-state index contributed by atoms with van der Waals surface area (Å²) in [7, 11) is 0. The predicted octanol–water partition coefficient (Wildman–Crippen LogP) is 3.59. The van der Waals surface area contributed by atoms with Crippen LogP contribution in [0.2, 0.25) is 5.02 Å². The zero-order valence-electron chi connectivity index (χ0n) is 10.9. The van der Waals surface area contributed by atoms with Gasteiger partial charge in [-0.3, -0.25) is 4.79 Å². The number of nitrogens with one attached hydrogen (secondary N) is 1. The Balaban J connectivity index is 2.14. The summed E-state index contributed by atoms with van der Waals surface area (Å²) in [5.41, 5.74) is 1.54. The highest BCUT2D eigenvalue weighted by Gasteiger charge is 2.06. The second kappa shape index (κ2) is 6.26. The zero-order chi connectivity index (χ0) is 13.8. The number of H-pyrrole nitrogens is 1. The van der Waals surface area contributed by atoms with E-state index in [1.165, 1.54) is 0 Å². The summed E-state index contributed by atoms with van der Waals surface area (Å²) < 4.78 is 0. The summed E-state index contributed by atoms with van der Waals surface area (Å²) in [4.78, 5) is 20.2. The standard InChI is InChI=1S/C14H15ClN2OS/c1-3-12-9(2)16-13(17-14(12)18)8-19-11-6-4-5-10(15)7-11/h4-7H,3,8H2,1-2H3,(H,16,17,18). The van der Waals surface area contributed by atoms with Crippen LogP contribution in [0.1, 0.15) is 24.0 Å². The third-order valence-corrected chi connectivity index (χ3v) is 4.04. The van der Waals surface area contributed by atoms with Crippen molar-refractivity contribution in [3.05, 3.63) is 56.7 Å². The minimum Gasteiger partial charge on any atom is -0.310 e. The van der Waals surface area contributed by atoms with Crippen molar-refractivity contribution in [1.29, 1.82) is 0 Å². The van der Waals surface area contributed by atoms with Crippen LogP contribution in [0, 0.1) is 6.92 Å². The Kier molecular flexibility index (Phi) is 4.66. The van der Waals surface area contributed by atoms with Gasteiger partial charge >= 0.3 is 0 Å². The Morgan fingerprint density at radius 3 is 2.84 bits per heavy atom. The van der Waals surface area contributed by atoms with E-state index in [2.05, 4.69) is 9.97 Å². The number of aryl methyl sites for hydroxylation is 1. The first-order chi connectivity index (χ1) is 9.10. The van der Waals surface area contributed by atoms with E-state index in [1.807, 2.05) is 38.1 Å². The van der Waals surface area contributed by atoms with Gasteiger partial charge in [0.15, 0.2) is 0 Å². The number of rotatable bonds is 4. The fraction of sp³-hybridized carbons (Fsp3) is 0.286. The lowest BCUT2D eigenvalue weighted by Gasteiger charge is -2.06. The lowest BCUT2D eigenvalue weighted by atomic mass is 10.2. The van der Waals surface area contributed by atoms with Crippen molar-refractivity contribution in [2.24, 2.45) is 0 Å². The minimum atomic E-state index is -0.0308. The highest BCUT2D eigenvalue weighted by Crippen LogP contribution is 2.23. The second-order valence-electron chi connectivity index (χ2n) is 4.18. The molecule has 2 aromatic rings. The molecule has 0 spiro atoms. The number of nitrogens with zero attached hydrogens (tertiary/aromatic N) is 1. The van der Waals surface area contributed by atoms with E-state index in [0.29, 0.717) is 23.0 Å². The minimum absolute atomic E-state index is 0.0308. The van der Waals surface area contributed by atoms with E-state index in [0.717, 1.165) is 16.2 Å². The zero-order valence-corrected chi connectivity index (χ0v) is 12.4. The number of hydrogen-bond donors (Lipinski definition) is 1. The summed E-state index contributed by atoms with van der Waals surface area (Å²) in [6, 6.07) is 7.64. The molecule has 0 saturated carbocycles. The van der Waals surface area contributed by atoms with Crippen LogP contribution in [-0.4, -0.2) is 9.97 Å². The molecule has 1 N–H and O–H groups in total. The van der Waals surface area contributed by atoms with Gasteiger partial charge < -0.3 is 4.98 Å². The molecule has 0 unspecified atom stereocenters. The molecule has 0 amide bonds. The Hall–Kier alpha value is -1.26. The van der Waals surface area contributed by atoms with Gasteiger partial charge in [-0.2, -0.15) is 0 Å². The highest BCUT2D eigenvalue weighted by atomic mass is 35.5. The monoisotopic (exact) mass is 294 g/mol. The molecule has 0 radical (unpaired) electrons. The number of aromatic amines is 1. The molecular formula is C14H15ClN2OS. The maximum Gasteiger partial charge on any atom is 0.254 e. The number of benzene rings is 1. The van der Waals surface area contributed by atoms with Crippen LogP contribution < -0.4 is 5.56 Å². The second-order valence-corrected chi connectivity index (χ2v) is 5.66. The van der Waals surface area contributed by atoms with Crippen molar-refractivity contribution < 1.29 is 0 Å². The number of aromatic nitrogens is 2. The van der Waals surface area contributed by atoms with E-state index in [9.17, 15) is 4.79 Å². The lowest BCUT2D eigenvalue weighted by Crippen LogP contribution is -2.18. The Morgan fingerprint density at radius 2 is 2.21 bits per heavy atom. The van der Waals surface area contributed by atoms with E-state index in [1.54, 1.807) is 11.8 Å². The van der Waals surface area contributed by atoms with Crippen molar-refractivity contribution in [3.63, 3.8) is 0 Å². The number of thioether (sulfide) groups is 1. The molecule has 2 rings (SSSR count). The number of hydrogen-bond acceptors (Lipinski definition) is 3. The van der Waals surface area contributed by atoms with E-state index >= 15 is 0 Å². The van der Waals surface area contributed by atoms with Gasteiger partial charge in [-0.1, -0.05) is 24.6 Å². The summed E-state index contributed by atoms with van der Waals surface area (Å²) in [5, 5.41) is 0.712. The molecule has 100 valence electrons. The fourth-order valence-corrected chi connectivity index (χ4v) is 2.94. The van der Waals surface area contributed by atoms with Gasteiger partial charge in [0, 0.05) is 21.2 Å². The molecule has 1 heterocycles. The number of halogens is 1. The van der Waals surface area contributed by atoms with Crippen LogP contribution >= 0.6 is 23.4 Å². The lowest BCUT2D eigenvalue weighted by molar-refractivity contribution is 0.907. The molecule has 0 aliphatic rings. The first-order valence-corrected chi connectivity index (χ1v) is 7.43. The highest BCUT2D eigenvalue weighted by molar-refractivity contribution is 7.98. The van der Waals surface area contributed by atoms with Gasteiger partial charge in [0.05, 0.1) is 5.75 Å². The first kappa shape index (κ1) is 14.2. The molecule has 0 atom stereocenters. The van der Waals surface area contributed by atoms with Crippen molar-refractivity contribution in [3.8, 4) is 0 Å². The Labute approximate surface area is 121 Å². The van der Waals surface area contributed by atoms with Gasteiger partial charge in [0.2, 0.25) is 0 Å². The largest absolute Gasteiger partial charge is 0.310 e. The van der Waals surface area contributed by atoms with Crippen molar-refractivity contribution in [1.82, 2.24) is 9.97 Å². The van der Waals surface area contributed by atoms with Gasteiger partial charge in [0.1, 0.15) is 5.82 Å². The molecule has 0 aliphatic carbocycles.